The maximum absolute atomic E-state index is 11.8. The van der Waals surface area contributed by atoms with Crippen LogP contribution in [0.25, 0.3) is 0 Å². The van der Waals surface area contributed by atoms with E-state index in [1.807, 2.05) is 6.92 Å². The molecule has 6 nitrogen and oxygen atoms in total. The second-order valence-corrected chi connectivity index (χ2v) is 5.08. The first-order chi connectivity index (χ1) is 9.31. The maximum atomic E-state index is 11.8. The fourth-order valence-corrected chi connectivity index (χ4v) is 1.46. The largest absolute Gasteiger partial charge is 0.490 e. The Labute approximate surface area is 117 Å². The first-order valence-corrected chi connectivity index (χ1v) is 6.30. The van der Waals surface area contributed by atoms with Gasteiger partial charge in [0.25, 0.3) is 0 Å². The Morgan fingerprint density at radius 2 is 2.05 bits per heavy atom. The summed E-state index contributed by atoms with van der Waals surface area (Å²) < 4.78 is 10.1. The van der Waals surface area contributed by atoms with Gasteiger partial charge in [-0.2, -0.15) is 0 Å². The third-order valence-corrected chi connectivity index (χ3v) is 3.25. The fourth-order valence-electron chi connectivity index (χ4n) is 1.46. The standard InChI is InChI=1S/C14H19NO5/c1-5-14(2,3)13(16)20-9-10-6-7-12(19-4)11(8-10)15(17)18/h6-8H,5,9H2,1-4H3. The van der Waals surface area contributed by atoms with Crippen molar-refractivity contribution in [3.05, 3.63) is 33.9 Å². The van der Waals surface area contributed by atoms with Gasteiger partial charge in [0.15, 0.2) is 5.75 Å². The summed E-state index contributed by atoms with van der Waals surface area (Å²) >= 11 is 0. The van der Waals surface area contributed by atoms with E-state index < -0.39 is 10.3 Å². The topological polar surface area (TPSA) is 78.7 Å². The van der Waals surface area contributed by atoms with E-state index in [2.05, 4.69) is 0 Å². The van der Waals surface area contributed by atoms with Crippen LogP contribution in [-0.4, -0.2) is 18.0 Å². The van der Waals surface area contributed by atoms with Crippen LogP contribution in [0.4, 0.5) is 5.69 Å². The van der Waals surface area contributed by atoms with Gasteiger partial charge in [-0.25, -0.2) is 0 Å². The van der Waals surface area contributed by atoms with Crippen LogP contribution >= 0.6 is 0 Å². The minimum Gasteiger partial charge on any atom is -0.490 e. The van der Waals surface area contributed by atoms with Gasteiger partial charge in [-0.3, -0.25) is 14.9 Å². The Morgan fingerprint density at radius 1 is 1.40 bits per heavy atom. The zero-order valence-electron chi connectivity index (χ0n) is 12.1. The molecule has 1 rings (SSSR count). The highest BCUT2D eigenvalue weighted by atomic mass is 16.6. The second kappa shape index (κ2) is 6.36. The van der Waals surface area contributed by atoms with E-state index in [0.29, 0.717) is 12.0 Å². The molecule has 0 radical (unpaired) electrons. The molecule has 0 saturated carbocycles. The van der Waals surface area contributed by atoms with Crippen LogP contribution in [0.3, 0.4) is 0 Å². The van der Waals surface area contributed by atoms with E-state index >= 15 is 0 Å². The molecule has 0 atom stereocenters. The van der Waals surface area contributed by atoms with E-state index in [1.165, 1.54) is 19.2 Å². The minimum absolute atomic E-state index is 0.00704. The summed E-state index contributed by atoms with van der Waals surface area (Å²) in [7, 11) is 1.37. The monoisotopic (exact) mass is 281 g/mol. The number of esters is 1. The lowest BCUT2D eigenvalue weighted by Gasteiger charge is -2.20. The maximum Gasteiger partial charge on any atom is 0.311 e. The molecule has 0 spiro atoms. The van der Waals surface area contributed by atoms with Crippen LogP contribution in [-0.2, 0) is 16.1 Å². The fraction of sp³-hybridized carbons (Fsp3) is 0.500. The molecule has 0 unspecified atom stereocenters. The van der Waals surface area contributed by atoms with E-state index in [-0.39, 0.29) is 24.0 Å². The van der Waals surface area contributed by atoms with Crippen LogP contribution < -0.4 is 4.74 Å². The van der Waals surface area contributed by atoms with Gasteiger partial charge in [-0.1, -0.05) is 13.0 Å². The highest BCUT2D eigenvalue weighted by Gasteiger charge is 2.27. The highest BCUT2D eigenvalue weighted by Crippen LogP contribution is 2.28. The number of carbonyl (C=O) groups is 1. The van der Waals surface area contributed by atoms with Crippen molar-refractivity contribution in [1.29, 1.82) is 0 Å². The van der Waals surface area contributed by atoms with Crippen molar-refractivity contribution in [3.8, 4) is 5.75 Å². The van der Waals surface area contributed by atoms with E-state index in [4.69, 9.17) is 9.47 Å². The molecule has 0 saturated heterocycles. The number of benzene rings is 1. The van der Waals surface area contributed by atoms with Gasteiger partial charge in [-0.15, -0.1) is 0 Å². The van der Waals surface area contributed by atoms with Crippen molar-refractivity contribution >= 4 is 11.7 Å². The molecule has 6 heteroatoms. The Bertz CT molecular complexity index is 510. The van der Waals surface area contributed by atoms with E-state index in [1.54, 1.807) is 19.9 Å². The number of rotatable bonds is 6. The quantitative estimate of drug-likeness (QED) is 0.455. The van der Waals surface area contributed by atoms with Gasteiger partial charge < -0.3 is 9.47 Å². The van der Waals surface area contributed by atoms with Gasteiger partial charge in [0.2, 0.25) is 0 Å². The number of nitro benzene ring substituents is 1. The van der Waals surface area contributed by atoms with Crippen LogP contribution in [0.2, 0.25) is 0 Å². The lowest BCUT2D eigenvalue weighted by Crippen LogP contribution is -2.25. The molecule has 0 fully saturated rings. The number of ether oxygens (including phenoxy) is 2. The highest BCUT2D eigenvalue weighted by molar-refractivity contribution is 5.75. The van der Waals surface area contributed by atoms with Crippen molar-refractivity contribution in [2.75, 3.05) is 7.11 Å². The molecule has 110 valence electrons. The van der Waals surface area contributed by atoms with Crippen molar-refractivity contribution in [2.24, 2.45) is 5.41 Å². The predicted octanol–water partition coefficient (Wildman–Crippen LogP) is 3.08. The van der Waals surface area contributed by atoms with Crippen molar-refractivity contribution < 1.29 is 19.2 Å². The molecule has 0 aliphatic carbocycles. The minimum atomic E-state index is -0.557. The summed E-state index contributed by atoms with van der Waals surface area (Å²) in [6.45, 7) is 5.50. The second-order valence-electron chi connectivity index (χ2n) is 5.08. The molecule has 0 bridgehead atoms. The molecule has 1 aromatic rings. The normalized spacial score (nSPS) is 11.0. The number of carbonyl (C=O) groups excluding carboxylic acids is 1. The molecule has 20 heavy (non-hydrogen) atoms. The summed E-state index contributed by atoms with van der Waals surface area (Å²) in [5, 5.41) is 10.9. The van der Waals surface area contributed by atoms with Crippen LogP contribution in [0.15, 0.2) is 18.2 Å². The number of nitro groups is 1. The summed E-state index contributed by atoms with van der Waals surface area (Å²) in [4.78, 5) is 22.2. The van der Waals surface area contributed by atoms with Crippen molar-refractivity contribution in [3.63, 3.8) is 0 Å². The number of hydrogen-bond donors (Lipinski definition) is 0. The summed E-state index contributed by atoms with van der Waals surface area (Å²) in [5.41, 5.74) is -0.146. The molecule has 0 aliphatic heterocycles. The molecule has 0 amide bonds. The number of nitrogens with zero attached hydrogens (tertiary/aromatic N) is 1. The SMILES string of the molecule is CCC(C)(C)C(=O)OCc1ccc(OC)c([N+](=O)[O-])c1. The smallest absolute Gasteiger partial charge is 0.311 e. The van der Waals surface area contributed by atoms with Gasteiger partial charge in [0.05, 0.1) is 17.4 Å². The molecular weight excluding hydrogens is 262 g/mol. The van der Waals surface area contributed by atoms with Gasteiger partial charge in [0, 0.05) is 6.07 Å². The van der Waals surface area contributed by atoms with Crippen molar-refractivity contribution in [2.45, 2.75) is 33.8 Å². The average Bonchev–Trinajstić information content (AvgIpc) is 2.44. The van der Waals surface area contributed by atoms with Gasteiger partial charge >= 0.3 is 11.7 Å². The Morgan fingerprint density at radius 3 is 2.55 bits per heavy atom. The first kappa shape index (κ1) is 15.9. The van der Waals surface area contributed by atoms with Crippen LogP contribution in [0.1, 0.15) is 32.8 Å². The zero-order chi connectivity index (χ0) is 15.3. The third kappa shape index (κ3) is 3.69. The third-order valence-electron chi connectivity index (χ3n) is 3.25. The molecule has 0 aromatic heterocycles. The number of hydrogen-bond acceptors (Lipinski definition) is 5. The van der Waals surface area contributed by atoms with Gasteiger partial charge in [0.1, 0.15) is 6.61 Å². The summed E-state index contributed by atoms with van der Waals surface area (Å²) in [5.74, 6) is -0.141. The zero-order valence-corrected chi connectivity index (χ0v) is 12.1. The number of methoxy groups -OCH3 is 1. The molecule has 0 aliphatic rings. The summed E-state index contributed by atoms with van der Waals surface area (Å²) in [6.07, 6.45) is 0.661. The van der Waals surface area contributed by atoms with Crippen LogP contribution in [0.5, 0.6) is 5.75 Å². The molecular formula is C14H19NO5. The first-order valence-electron chi connectivity index (χ1n) is 6.30. The lowest BCUT2D eigenvalue weighted by molar-refractivity contribution is -0.385. The molecule has 1 aromatic carbocycles. The van der Waals surface area contributed by atoms with Crippen LogP contribution in [0, 0.1) is 15.5 Å². The Balaban J connectivity index is 2.82. The Hall–Kier alpha value is -2.11. The lowest BCUT2D eigenvalue weighted by atomic mass is 9.91. The predicted molar refractivity (Wildman–Crippen MR) is 73.5 cm³/mol. The molecule has 0 heterocycles. The van der Waals surface area contributed by atoms with Crippen molar-refractivity contribution in [1.82, 2.24) is 0 Å². The van der Waals surface area contributed by atoms with E-state index in [0.717, 1.165) is 0 Å². The summed E-state index contributed by atoms with van der Waals surface area (Å²) in [6, 6.07) is 4.48. The van der Waals surface area contributed by atoms with Gasteiger partial charge in [-0.05, 0) is 31.9 Å². The van der Waals surface area contributed by atoms with E-state index in [9.17, 15) is 14.9 Å². The average molecular weight is 281 g/mol. The molecule has 0 N–H and O–H groups in total. The Kier molecular flexibility index (Phi) is 5.07.